The number of hydrogen-bond donors (Lipinski definition) is 2. The average molecular weight is 271 g/mol. The van der Waals surface area contributed by atoms with Crippen LogP contribution in [0.1, 0.15) is 26.2 Å². The Labute approximate surface area is 112 Å². The summed E-state index contributed by atoms with van der Waals surface area (Å²) in [6.07, 6.45) is 0.238. The van der Waals surface area contributed by atoms with Gasteiger partial charge in [0, 0.05) is 38.5 Å². The first kappa shape index (κ1) is 15.4. The molecule has 7 nitrogen and oxygen atoms in total. The molecule has 108 valence electrons. The Morgan fingerprint density at radius 1 is 1.26 bits per heavy atom. The number of carbonyl (C=O) groups excluding carboxylic acids is 2. The topological polar surface area (TPSA) is 90.0 Å². The van der Waals surface area contributed by atoms with Gasteiger partial charge in [-0.05, 0) is 20.4 Å². The lowest BCUT2D eigenvalue weighted by Gasteiger charge is -2.37. The summed E-state index contributed by atoms with van der Waals surface area (Å²) in [4.78, 5) is 37.3. The molecular formula is C12H21N3O4. The third-order valence-corrected chi connectivity index (χ3v) is 3.29. The fourth-order valence-electron chi connectivity index (χ4n) is 1.89. The molecule has 1 fully saturated rings. The summed E-state index contributed by atoms with van der Waals surface area (Å²) < 4.78 is 0. The van der Waals surface area contributed by atoms with Gasteiger partial charge in [-0.25, -0.2) is 4.79 Å². The maximum Gasteiger partial charge on any atom is 0.324 e. The molecule has 7 heteroatoms. The molecule has 0 bridgehead atoms. The summed E-state index contributed by atoms with van der Waals surface area (Å²) in [5.41, 5.74) is 0. The maximum absolute atomic E-state index is 11.8. The van der Waals surface area contributed by atoms with Crippen LogP contribution in [0.3, 0.4) is 0 Å². The van der Waals surface area contributed by atoms with Crippen LogP contribution in [0.25, 0.3) is 0 Å². The summed E-state index contributed by atoms with van der Waals surface area (Å²) in [5.74, 6) is -1.36. The molecular weight excluding hydrogens is 250 g/mol. The van der Waals surface area contributed by atoms with Crippen LogP contribution < -0.4 is 5.32 Å². The number of carboxylic acid groups (broad SMARTS) is 1. The molecule has 0 radical (unpaired) electrons. The Kier molecular flexibility index (Phi) is 5.75. The van der Waals surface area contributed by atoms with Crippen molar-refractivity contribution in [2.75, 3.05) is 26.7 Å². The van der Waals surface area contributed by atoms with Crippen LogP contribution in [-0.2, 0) is 9.59 Å². The van der Waals surface area contributed by atoms with E-state index in [2.05, 4.69) is 10.2 Å². The monoisotopic (exact) mass is 271 g/mol. The van der Waals surface area contributed by atoms with E-state index < -0.39 is 11.9 Å². The van der Waals surface area contributed by atoms with Crippen LogP contribution in [0.15, 0.2) is 0 Å². The normalized spacial score (nSPS) is 20.1. The molecule has 1 atom stereocenters. The molecule has 19 heavy (non-hydrogen) atoms. The van der Waals surface area contributed by atoms with E-state index in [1.165, 1.54) is 0 Å². The van der Waals surface area contributed by atoms with Gasteiger partial charge in [0.2, 0.25) is 5.91 Å². The summed E-state index contributed by atoms with van der Waals surface area (Å²) in [6, 6.07) is -0.123. The van der Waals surface area contributed by atoms with Crippen molar-refractivity contribution in [2.45, 2.75) is 32.2 Å². The first-order valence-electron chi connectivity index (χ1n) is 6.41. The summed E-state index contributed by atoms with van der Waals surface area (Å²) in [6.45, 7) is 3.98. The predicted molar refractivity (Wildman–Crippen MR) is 68.7 cm³/mol. The first-order chi connectivity index (χ1) is 8.90. The van der Waals surface area contributed by atoms with Crippen molar-refractivity contribution in [2.24, 2.45) is 0 Å². The molecule has 1 aliphatic heterocycles. The Morgan fingerprint density at radius 3 is 2.53 bits per heavy atom. The second-order valence-corrected chi connectivity index (χ2v) is 4.88. The van der Waals surface area contributed by atoms with E-state index in [1.807, 2.05) is 14.0 Å². The number of amides is 3. The molecule has 0 aromatic rings. The minimum Gasteiger partial charge on any atom is -0.481 e. The highest BCUT2D eigenvalue weighted by atomic mass is 16.4. The third kappa shape index (κ3) is 5.25. The van der Waals surface area contributed by atoms with Crippen molar-refractivity contribution < 1.29 is 19.5 Å². The molecule has 0 spiro atoms. The van der Waals surface area contributed by atoms with Gasteiger partial charge in [-0.1, -0.05) is 0 Å². The Balaban J connectivity index is 2.30. The van der Waals surface area contributed by atoms with Gasteiger partial charge in [-0.3, -0.25) is 14.9 Å². The molecule has 1 unspecified atom stereocenters. The van der Waals surface area contributed by atoms with Crippen LogP contribution >= 0.6 is 0 Å². The zero-order valence-corrected chi connectivity index (χ0v) is 11.4. The van der Waals surface area contributed by atoms with Gasteiger partial charge < -0.3 is 14.9 Å². The van der Waals surface area contributed by atoms with E-state index in [9.17, 15) is 14.4 Å². The number of imide groups is 1. The number of nitrogens with zero attached hydrogens (tertiary/aromatic N) is 2. The fraction of sp³-hybridized carbons (Fsp3) is 0.750. The van der Waals surface area contributed by atoms with Crippen molar-refractivity contribution >= 4 is 17.9 Å². The van der Waals surface area contributed by atoms with Crippen LogP contribution in [0, 0.1) is 0 Å². The van der Waals surface area contributed by atoms with Crippen LogP contribution in [0.2, 0.25) is 0 Å². The van der Waals surface area contributed by atoms with Gasteiger partial charge in [0.05, 0.1) is 0 Å². The number of likely N-dealkylation sites (N-methyl/N-ethyl adjacent to an activating group) is 1. The van der Waals surface area contributed by atoms with Gasteiger partial charge >= 0.3 is 12.0 Å². The van der Waals surface area contributed by atoms with E-state index in [-0.39, 0.29) is 31.3 Å². The van der Waals surface area contributed by atoms with Gasteiger partial charge in [-0.2, -0.15) is 0 Å². The molecule has 0 aromatic heterocycles. The first-order valence-corrected chi connectivity index (χ1v) is 6.41. The quantitative estimate of drug-likeness (QED) is 0.757. The number of carbonyl (C=O) groups is 3. The van der Waals surface area contributed by atoms with E-state index >= 15 is 0 Å². The van der Waals surface area contributed by atoms with Gasteiger partial charge in [0.1, 0.15) is 0 Å². The van der Waals surface area contributed by atoms with E-state index in [0.717, 1.165) is 6.54 Å². The van der Waals surface area contributed by atoms with Gasteiger partial charge in [0.15, 0.2) is 0 Å². The molecule has 1 heterocycles. The molecule has 1 aliphatic rings. The lowest BCUT2D eigenvalue weighted by molar-refractivity contribution is -0.137. The summed E-state index contributed by atoms with van der Waals surface area (Å²) in [7, 11) is 2.00. The largest absolute Gasteiger partial charge is 0.481 e. The smallest absolute Gasteiger partial charge is 0.324 e. The van der Waals surface area contributed by atoms with Crippen molar-refractivity contribution in [1.29, 1.82) is 0 Å². The Bertz CT molecular complexity index is 359. The number of urea groups is 1. The van der Waals surface area contributed by atoms with Gasteiger partial charge in [0.25, 0.3) is 0 Å². The molecule has 0 saturated carbocycles. The average Bonchev–Trinajstić information content (AvgIpc) is 2.32. The second-order valence-electron chi connectivity index (χ2n) is 4.88. The van der Waals surface area contributed by atoms with Crippen LogP contribution in [0.4, 0.5) is 4.79 Å². The fourth-order valence-corrected chi connectivity index (χ4v) is 1.89. The lowest BCUT2D eigenvalue weighted by atomic mass is 10.2. The molecule has 2 N–H and O–H groups in total. The summed E-state index contributed by atoms with van der Waals surface area (Å²) in [5, 5.41) is 10.7. The number of piperazine rings is 1. The second kappa shape index (κ2) is 7.08. The third-order valence-electron chi connectivity index (χ3n) is 3.29. The maximum atomic E-state index is 11.8. The zero-order chi connectivity index (χ0) is 14.4. The molecule has 3 amide bonds. The standard InChI is InChI=1S/C12H21N3O4/c1-9-8-15(7-6-14(9)2)12(19)13-10(16)4-3-5-11(17)18/h9H,3-8H2,1-2H3,(H,17,18)(H,13,16,19). The zero-order valence-electron chi connectivity index (χ0n) is 11.4. The van der Waals surface area contributed by atoms with Crippen molar-refractivity contribution in [1.82, 2.24) is 15.1 Å². The molecule has 0 aliphatic carbocycles. The number of carboxylic acids is 1. The highest BCUT2D eigenvalue weighted by Gasteiger charge is 2.25. The van der Waals surface area contributed by atoms with Gasteiger partial charge in [-0.15, -0.1) is 0 Å². The minimum atomic E-state index is -0.938. The summed E-state index contributed by atoms with van der Waals surface area (Å²) >= 11 is 0. The number of aliphatic carboxylic acids is 1. The van der Waals surface area contributed by atoms with Crippen molar-refractivity contribution in [3.63, 3.8) is 0 Å². The number of hydrogen-bond acceptors (Lipinski definition) is 4. The molecule has 1 rings (SSSR count). The predicted octanol–water partition coefficient (Wildman–Crippen LogP) is 0.113. The van der Waals surface area contributed by atoms with Crippen molar-refractivity contribution in [3.05, 3.63) is 0 Å². The number of nitrogens with one attached hydrogen (secondary N) is 1. The highest BCUT2D eigenvalue weighted by molar-refractivity contribution is 5.94. The van der Waals surface area contributed by atoms with Crippen molar-refractivity contribution in [3.8, 4) is 0 Å². The van der Waals surface area contributed by atoms with E-state index in [1.54, 1.807) is 4.90 Å². The Morgan fingerprint density at radius 2 is 1.95 bits per heavy atom. The van der Waals surface area contributed by atoms with E-state index in [0.29, 0.717) is 13.1 Å². The molecule has 1 saturated heterocycles. The molecule has 0 aromatic carbocycles. The van der Waals surface area contributed by atoms with Crippen LogP contribution in [-0.4, -0.2) is 65.5 Å². The van der Waals surface area contributed by atoms with Crippen LogP contribution in [0.5, 0.6) is 0 Å². The SMILES string of the molecule is CC1CN(C(=O)NC(=O)CCCC(=O)O)CCN1C. The minimum absolute atomic E-state index is 0.0569. The number of rotatable bonds is 4. The van der Waals surface area contributed by atoms with E-state index in [4.69, 9.17) is 5.11 Å². The lowest BCUT2D eigenvalue weighted by Crippen LogP contribution is -2.55. The Hall–Kier alpha value is -1.63. The highest BCUT2D eigenvalue weighted by Crippen LogP contribution is 2.07.